The van der Waals surface area contributed by atoms with Crippen LogP contribution in [0.1, 0.15) is 65.2 Å². The van der Waals surface area contributed by atoms with Crippen LogP contribution in [-0.4, -0.2) is 50.9 Å². The monoisotopic (exact) mass is 517 g/mol. The predicted octanol–water partition coefficient (Wildman–Crippen LogP) is 4.58. The molecule has 1 aliphatic rings. The van der Waals surface area contributed by atoms with E-state index in [1.54, 1.807) is 19.1 Å². The minimum absolute atomic E-state index is 0.102. The van der Waals surface area contributed by atoms with Crippen molar-refractivity contribution in [2.45, 2.75) is 57.3 Å². The highest BCUT2D eigenvalue weighted by Crippen LogP contribution is 2.42. The number of rotatable bonds is 11. The zero-order chi connectivity index (χ0) is 27.1. The SMILES string of the molecule is Cc1c(CC(=O)O)ccc(C(O)CCCN2CCC(C(O)(c3ccccc3)c3ccccc3)CC2)c1CO. The van der Waals surface area contributed by atoms with Crippen LogP contribution in [0.5, 0.6) is 0 Å². The first-order chi connectivity index (χ1) is 18.3. The van der Waals surface area contributed by atoms with E-state index in [0.717, 1.165) is 55.6 Å². The largest absolute Gasteiger partial charge is 0.481 e. The van der Waals surface area contributed by atoms with Gasteiger partial charge in [-0.25, -0.2) is 0 Å². The molecule has 1 aliphatic heterocycles. The lowest BCUT2D eigenvalue weighted by Gasteiger charge is -2.42. The number of carboxylic acid groups (broad SMARTS) is 1. The van der Waals surface area contributed by atoms with E-state index in [2.05, 4.69) is 4.90 Å². The minimum Gasteiger partial charge on any atom is -0.481 e. The average Bonchev–Trinajstić information content (AvgIpc) is 2.94. The fourth-order valence-electron chi connectivity index (χ4n) is 5.96. The number of hydrogen-bond acceptors (Lipinski definition) is 5. The molecule has 3 aromatic rings. The summed E-state index contributed by atoms with van der Waals surface area (Å²) < 4.78 is 0. The first kappa shape index (κ1) is 28.0. The van der Waals surface area contributed by atoms with Gasteiger partial charge in [0.05, 0.1) is 19.1 Å². The Kier molecular flexibility index (Phi) is 9.34. The highest BCUT2D eigenvalue weighted by molar-refractivity contribution is 5.71. The Balaban J connectivity index is 1.35. The van der Waals surface area contributed by atoms with Crippen LogP contribution >= 0.6 is 0 Å². The number of benzene rings is 3. The van der Waals surface area contributed by atoms with Gasteiger partial charge in [0, 0.05) is 0 Å². The van der Waals surface area contributed by atoms with Gasteiger partial charge < -0.3 is 25.3 Å². The highest BCUT2D eigenvalue weighted by Gasteiger charge is 2.41. The number of aliphatic hydroxyl groups excluding tert-OH is 2. The number of piperidine rings is 1. The molecule has 1 fully saturated rings. The Morgan fingerprint density at radius 2 is 1.55 bits per heavy atom. The van der Waals surface area contributed by atoms with Crippen molar-refractivity contribution < 1.29 is 25.2 Å². The summed E-state index contributed by atoms with van der Waals surface area (Å²) >= 11 is 0. The molecular weight excluding hydrogens is 478 g/mol. The molecule has 1 saturated heterocycles. The summed E-state index contributed by atoms with van der Waals surface area (Å²) in [6.07, 6.45) is 2.29. The van der Waals surface area contributed by atoms with E-state index in [4.69, 9.17) is 5.11 Å². The van der Waals surface area contributed by atoms with Gasteiger partial charge in [-0.2, -0.15) is 0 Å². The fourth-order valence-corrected chi connectivity index (χ4v) is 5.96. The van der Waals surface area contributed by atoms with Gasteiger partial charge in [0.25, 0.3) is 0 Å². The maximum absolute atomic E-state index is 12.1. The van der Waals surface area contributed by atoms with E-state index in [-0.39, 0.29) is 18.9 Å². The molecule has 1 unspecified atom stereocenters. The number of aliphatic carboxylic acids is 1. The normalized spacial score (nSPS) is 15.9. The summed E-state index contributed by atoms with van der Waals surface area (Å²) in [6.45, 7) is 4.19. The van der Waals surface area contributed by atoms with E-state index in [1.807, 2.05) is 60.7 Å². The van der Waals surface area contributed by atoms with Crippen molar-refractivity contribution in [2.24, 2.45) is 5.92 Å². The van der Waals surface area contributed by atoms with E-state index in [1.165, 1.54) is 0 Å². The second kappa shape index (κ2) is 12.7. The Bertz CT molecular complexity index is 1150. The van der Waals surface area contributed by atoms with E-state index < -0.39 is 17.7 Å². The smallest absolute Gasteiger partial charge is 0.307 e. The molecule has 6 nitrogen and oxygen atoms in total. The molecular formula is C32H39NO5. The predicted molar refractivity (Wildman–Crippen MR) is 148 cm³/mol. The van der Waals surface area contributed by atoms with Gasteiger partial charge in [0.1, 0.15) is 5.60 Å². The second-order valence-corrected chi connectivity index (χ2v) is 10.4. The van der Waals surface area contributed by atoms with Crippen LogP contribution in [0.25, 0.3) is 0 Å². The maximum Gasteiger partial charge on any atom is 0.307 e. The van der Waals surface area contributed by atoms with Crippen molar-refractivity contribution in [2.75, 3.05) is 19.6 Å². The van der Waals surface area contributed by atoms with Gasteiger partial charge in [-0.3, -0.25) is 4.79 Å². The lowest BCUT2D eigenvalue weighted by Crippen LogP contribution is -2.44. The molecule has 38 heavy (non-hydrogen) atoms. The van der Waals surface area contributed by atoms with Crippen molar-refractivity contribution in [1.82, 2.24) is 4.90 Å². The molecule has 0 radical (unpaired) electrons. The molecule has 6 heteroatoms. The first-order valence-electron chi connectivity index (χ1n) is 13.5. The number of aliphatic hydroxyl groups is 3. The molecule has 0 bridgehead atoms. The second-order valence-electron chi connectivity index (χ2n) is 10.4. The third-order valence-corrected chi connectivity index (χ3v) is 8.16. The third-order valence-electron chi connectivity index (χ3n) is 8.16. The van der Waals surface area contributed by atoms with Crippen LogP contribution in [0.4, 0.5) is 0 Å². The van der Waals surface area contributed by atoms with Gasteiger partial charge in [-0.05, 0) is 91.5 Å². The highest BCUT2D eigenvalue weighted by atomic mass is 16.4. The van der Waals surface area contributed by atoms with Gasteiger partial charge in [0.2, 0.25) is 0 Å². The van der Waals surface area contributed by atoms with E-state index >= 15 is 0 Å². The van der Waals surface area contributed by atoms with Crippen LogP contribution in [0, 0.1) is 12.8 Å². The summed E-state index contributed by atoms with van der Waals surface area (Å²) in [5.74, 6) is -0.811. The number of likely N-dealkylation sites (tertiary alicyclic amines) is 1. The maximum atomic E-state index is 12.1. The number of hydrogen-bond donors (Lipinski definition) is 4. The van der Waals surface area contributed by atoms with E-state index in [0.29, 0.717) is 23.1 Å². The molecule has 0 aromatic heterocycles. The van der Waals surface area contributed by atoms with Crippen LogP contribution in [0.3, 0.4) is 0 Å². The molecule has 4 N–H and O–H groups in total. The number of carbonyl (C=O) groups is 1. The lowest BCUT2D eigenvalue weighted by atomic mass is 9.72. The molecule has 202 valence electrons. The quantitative estimate of drug-likeness (QED) is 0.297. The fraction of sp³-hybridized carbons (Fsp3) is 0.406. The average molecular weight is 518 g/mol. The third kappa shape index (κ3) is 6.16. The minimum atomic E-state index is -1.03. The zero-order valence-electron chi connectivity index (χ0n) is 22.1. The Morgan fingerprint density at radius 1 is 0.974 bits per heavy atom. The molecule has 0 amide bonds. The van der Waals surface area contributed by atoms with Gasteiger partial charge in [0.15, 0.2) is 0 Å². The van der Waals surface area contributed by atoms with Crippen LogP contribution < -0.4 is 0 Å². The van der Waals surface area contributed by atoms with Gasteiger partial charge in [-0.15, -0.1) is 0 Å². The van der Waals surface area contributed by atoms with Crippen LogP contribution in [0.2, 0.25) is 0 Å². The zero-order valence-corrected chi connectivity index (χ0v) is 22.1. The van der Waals surface area contributed by atoms with Crippen LogP contribution in [0.15, 0.2) is 72.8 Å². The van der Waals surface area contributed by atoms with Gasteiger partial charge in [-0.1, -0.05) is 72.8 Å². The lowest BCUT2D eigenvalue weighted by molar-refractivity contribution is -0.136. The summed E-state index contributed by atoms with van der Waals surface area (Å²) in [4.78, 5) is 13.5. The summed E-state index contributed by atoms with van der Waals surface area (Å²) in [6, 6.07) is 23.4. The number of nitrogens with zero attached hydrogens (tertiary/aromatic N) is 1. The summed E-state index contributed by atoms with van der Waals surface area (Å²) in [7, 11) is 0. The number of carboxylic acids is 1. The topological polar surface area (TPSA) is 101 Å². The van der Waals surface area contributed by atoms with Crippen molar-refractivity contribution in [3.8, 4) is 0 Å². The molecule has 3 aromatic carbocycles. The van der Waals surface area contributed by atoms with Gasteiger partial charge >= 0.3 is 5.97 Å². The molecule has 1 atom stereocenters. The Morgan fingerprint density at radius 3 is 2.08 bits per heavy atom. The standard InChI is InChI=1S/C32H39NO5/c1-23-24(21-31(36)37)14-15-28(29(23)22-34)30(35)13-8-18-33-19-16-27(17-20-33)32(38,25-9-4-2-5-10-25)26-11-6-3-7-12-26/h2-7,9-12,14-15,27,30,34-35,38H,8,13,16-22H2,1H3,(H,36,37). The van der Waals surface area contributed by atoms with E-state index in [9.17, 15) is 20.1 Å². The summed E-state index contributed by atoms with van der Waals surface area (Å²) in [5, 5.41) is 42.0. The van der Waals surface area contributed by atoms with Crippen molar-refractivity contribution in [3.05, 3.63) is 106 Å². The first-order valence-corrected chi connectivity index (χ1v) is 13.5. The molecule has 4 rings (SSSR count). The van der Waals surface area contributed by atoms with Crippen molar-refractivity contribution in [3.63, 3.8) is 0 Å². The Labute approximate surface area is 225 Å². The molecule has 0 saturated carbocycles. The van der Waals surface area contributed by atoms with Crippen molar-refractivity contribution in [1.29, 1.82) is 0 Å². The van der Waals surface area contributed by atoms with Crippen LogP contribution in [-0.2, 0) is 23.4 Å². The Hall–Kier alpha value is -3.03. The molecule has 0 spiro atoms. The van der Waals surface area contributed by atoms with Crippen molar-refractivity contribution >= 4 is 5.97 Å². The summed E-state index contributed by atoms with van der Waals surface area (Å²) in [5.41, 5.74) is 3.51. The molecule has 0 aliphatic carbocycles. The molecule has 1 heterocycles.